The second-order valence-electron chi connectivity index (χ2n) is 4.57. The lowest BCUT2D eigenvalue weighted by atomic mass is 9.97. The number of nitrogens with one attached hydrogen (secondary N) is 1. The Bertz CT molecular complexity index is 628. The number of benzene rings is 1. The van der Waals surface area contributed by atoms with Gasteiger partial charge in [-0.05, 0) is 23.3 Å². The average molecular weight is 270 g/mol. The number of aromatic nitrogens is 1. The minimum absolute atomic E-state index is 0.232. The van der Waals surface area contributed by atoms with Crippen LogP contribution in [0.15, 0.2) is 42.6 Å². The number of nitrogens with zero attached hydrogens (tertiary/aromatic N) is 1. The molecule has 0 saturated heterocycles. The zero-order valence-corrected chi connectivity index (χ0v) is 10.7. The molecule has 1 aliphatic heterocycles. The van der Waals surface area contributed by atoms with Gasteiger partial charge in [-0.2, -0.15) is 0 Å². The highest BCUT2D eigenvalue weighted by atomic mass is 16.5. The van der Waals surface area contributed by atoms with E-state index in [-0.39, 0.29) is 12.6 Å². The number of hydrogen-bond acceptors (Lipinski definition) is 3. The van der Waals surface area contributed by atoms with Gasteiger partial charge in [0.05, 0.1) is 18.8 Å². The number of pyridine rings is 1. The first kappa shape index (κ1) is 12.6. The molecule has 102 valence electrons. The Balaban J connectivity index is 1.92. The van der Waals surface area contributed by atoms with Crippen LogP contribution in [-0.4, -0.2) is 22.7 Å². The fourth-order valence-electron chi connectivity index (χ4n) is 2.45. The summed E-state index contributed by atoms with van der Waals surface area (Å²) >= 11 is 0. The minimum atomic E-state index is -1.04. The first-order valence-electron chi connectivity index (χ1n) is 6.37. The van der Waals surface area contributed by atoms with Crippen LogP contribution in [0, 0.1) is 0 Å². The molecule has 1 amide bonds. The number of carboxylic acid groups (broad SMARTS) is 1. The molecule has 1 unspecified atom stereocenters. The first-order valence-corrected chi connectivity index (χ1v) is 6.37. The van der Waals surface area contributed by atoms with Gasteiger partial charge in [0.15, 0.2) is 0 Å². The topological polar surface area (TPSA) is 71.5 Å². The van der Waals surface area contributed by atoms with Crippen LogP contribution in [0.4, 0.5) is 4.79 Å². The largest absolute Gasteiger partial charge is 0.465 e. The molecule has 0 bridgehead atoms. The van der Waals surface area contributed by atoms with E-state index < -0.39 is 6.09 Å². The predicted octanol–water partition coefficient (Wildman–Crippen LogP) is 2.59. The maximum absolute atomic E-state index is 10.6. The zero-order chi connectivity index (χ0) is 13.9. The van der Waals surface area contributed by atoms with E-state index in [1.54, 1.807) is 6.20 Å². The molecule has 1 aromatic carbocycles. The SMILES string of the molecule is O=C(O)NCC1OCc2c(-c3ccccn3)cccc21. The van der Waals surface area contributed by atoms with E-state index >= 15 is 0 Å². The zero-order valence-electron chi connectivity index (χ0n) is 10.7. The van der Waals surface area contributed by atoms with Crippen LogP contribution in [0.25, 0.3) is 11.3 Å². The van der Waals surface area contributed by atoms with Gasteiger partial charge in [0.1, 0.15) is 6.10 Å². The standard InChI is InChI=1S/C15H14N2O3/c18-15(19)17-8-14-11-5-3-4-10(12(11)9-20-14)13-6-1-2-7-16-13/h1-7,14,17H,8-9H2,(H,18,19). The summed E-state index contributed by atoms with van der Waals surface area (Å²) in [5.41, 5.74) is 4.06. The van der Waals surface area contributed by atoms with Gasteiger partial charge in [0.2, 0.25) is 0 Å². The fourth-order valence-corrected chi connectivity index (χ4v) is 2.45. The van der Waals surface area contributed by atoms with Gasteiger partial charge >= 0.3 is 6.09 Å². The van der Waals surface area contributed by atoms with Crippen molar-refractivity contribution in [2.24, 2.45) is 0 Å². The van der Waals surface area contributed by atoms with Crippen molar-refractivity contribution in [3.05, 3.63) is 53.7 Å². The molecule has 0 aliphatic carbocycles. The summed E-state index contributed by atoms with van der Waals surface area (Å²) in [5, 5.41) is 11.0. The van der Waals surface area contributed by atoms with Crippen molar-refractivity contribution < 1.29 is 14.6 Å². The van der Waals surface area contributed by atoms with Gasteiger partial charge in [-0.15, -0.1) is 0 Å². The van der Waals surface area contributed by atoms with Gasteiger partial charge < -0.3 is 15.2 Å². The molecule has 2 heterocycles. The van der Waals surface area contributed by atoms with Crippen LogP contribution in [0.2, 0.25) is 0 Å². The maximum Gasteiger partial charge on any atom is 0.404 e. The third kappa shape index (κ3) is 2.35. The molecule has 2 aromatic rings. The predicted molar refractivity (Wildman–Crippen MR) is 73.2 cm³/mol. The number of fused-ring (bicyclic) bond motifs is 1. The molecule has 2 N–H and O–H groups in total. The lowest BCUT2D eigenvalue weighted by molar-refractivity contribution is 0.0658. The maximum atomic E-state index is 10.6. The smallest absolute Gasteiger partial charge is 0.404 e. The number of hydrogen-bond donors (Lipinski definition) is 2. The van der Waals surface area contributed by atoms with Crippen LogP contribution in [-0.2, 0) is 11.3 Å². The van der Waals surface area contributed by atoms with E-state index in [2.05, 4.69) is 10.3 Å². The molecule has 1 atom stereocenters. The van der Waals surface area contributed by atoms with Gasteiger partial charge in [-0.25, -0.2) is 4.79 Å². The second kappa shape index (κ2) is 5.30. The summed E-state index contributed by atoms with van der Waals surface area (Å²) in [6.45, 7) is 0.738. The first-order chi connectivity index (χ1) is 9.75. The van der Waals surface area contributed by atoms with E-state index in [0.29, 0.717) is 6.61 Å². The van der Waals surface area contributed by atoms with Crippen molar-refractivity contribution in [2.45, 2.75) is 12.7 Å². The Morgan fingerprint density at radius 2 is 2.25 bits per heavy atom. The lowest BCUT2D eigenvalue weighted by Gasteiger charge is -2.11. The molecule has 0 saturated carbocycles. The number of ether oxygens (including phenoxy) is 1. The molecule has 3 rings (SSSR count). The van der Waals surface area contributed by atoms with E-state index in [0.717, 1.165) is 22.4 Å². The van der Waals surface area contributed by atoms with Gasteiger partial charge in [-0.1, -0.05) is 24.3 Å². The van der Waals surface area contributed by atoms with Gasteiger partial charge in [0.25, 0.3) is 0 Å². The molecule has 5 nitrogen and oxygen atoms in total. The third-order valence-electron chi connectivity index (χ3n) is 3.37. The van der Waals surface area contributed by atoms with E-state index in [1.807, 2.05) is 36.4 Å². The number of carbonyl (C=O) groups is 1. The molecule has 0 radical (unpaired) electrons. The Morgan fingerprint density at radius 1 is 1.35 bits per heavy atom. The Labute approximate surface area is 116 Å². The normalized spacial score (nSPS) is 16.7. The third-order valence-corrected chi connectivity index (χ3v) is 3.37. The van der Waals surface area contributed by atoms with Crippen LogP contribution in [0.1, 0.15) is 17.2 Å². The quantitative estimate of drug-likeness (QED) is 0.899. The highest BCUT2D eigenvalue weighted by Crippen LogP contribution is 2.36. The van der Waals surface area contributed by atoms with E-state index in [9.17, 15) is 4.79 Å². The van der Waals surface area contributed by atoms with Crippen LogP contribution >= 0.6 is 0 Å². The second-order valence-corrected chi connectivity index (χ2v) is 4.57. The minimum Gasteiger partial charge on any atom is -0.465 e. The number of rotatable bonds is 3. The molecule has 0 fully saturated rings. The molecule has 1 aromatic heterocycles. The van der Waals surface area contributed by atoms with Crippen molar-refractivity contribution in [2.75, 3.05) is 6.54 Å². The molecule has 5 heteroatoms. The lowest BCUT2D eigenvalue weighted by Crippen LogP contribution is -2.26. The summed E-state index contributed by atoms with van der Waals surface area (Å²) in [4.78, 5) is 14.9. The average Bonchev–Trinajstić information content (AvgIpc) is 2.89. The summed E-state index contributed by atoms with van der Waals surface area (Å²) in [6.07, 6.45) is 0.487. The summed E-state index contributed by atoms with van der Waals surface area (Å²) in [6, 6.07) is 11.7. The molecule has 1 aliphatic rings. The molecule has 20 heavy (non-hydrogen) atoms. The van der Waals surface area contributed by atoms with E-state index in [4.69, 9.17) is 9.84 Å². The highest BCUT2D eigenvalue weighted by molar-refractivity contribution is 5.67. The monoisotopic (exact) mass is 270 g/mol. The van der Waals surface area contributed by atoms with Crippen molar-refractivity contribution in [1.82, 2.24) is 10.3 Å². The van der Waals surface area contributed by atoms with Crippen LogP contribution < -0.4 is 5.32 Å². The Kier molecular flexibility index (Phi) is 3.35. The number of amides is 1. The Hall–Kier alpha value is -2.40. The summed E-state index contributed by atoms with van der Waals surface area (Å²) < 4.78 is 5.68. The fraction of sp³-hybridized carbons (Fsp3) is 0.200. The highest BCUT2D eigenvalue weighted by Gasteiger charge is 2.26. The van der Waals surface area contributed by atoms with Crippen LogP contribution in [0.5, 0.6) is 0 Å². The van der Waals surface area contributed by atoms with Crippen molar-refractivity contribution in [3.63, 3.8) is 0 Å². The molecular weight excluding hydrogens is 256 g/mol. The van der Waals surface area contributed by atoms with Crippen molar-refractivity contribution >= 4 is 6.09 Å². The van der Waals surface area contributed by atoms with Gasteiger partial charge in [0, 0.05) is 11.8 Å². The van der Waals surface area contributed by atoms with Crippen LogP contribution in [0.3, 0.4) is 0 Å². The summed E-state index contributed by atoms with van der Waals surface area (Å²) in [7, 11) is 0. The molecular formula is C15H14N2O3. The van der Waals surface area contributed by atoms with Crippen molar-refractivity contribution in [3.8, 4) is 11.3 Å². The van der Waals surface area contributed by atoms with Crippen molar-refractivity contribution in [1.29, 1.82) is 0 Å². The molecule has 0 spiro atoms. The summed E-state index contributed by atoms with van der Waals surface area (Å²) in [5.74, 6) is 0. The van der Waals surface area contributed by atoms with E-state index in [1.165, 1.54) is 0 Å². The van der Waals surface area contributed by atoms with Gasteiger partial charge in [-0.3, -0.25) is 4.98 Å². The Morgan fingerprint density at radius 3 is 3.00 bits per heavy atom.